The molecule has 0 spiro atoms. The first kappa shape index (κ1) is 18.2. The molecule has 0 aliphatic rings. The van der Waals surface area contributed by atoms with Crippen LogP contribution in [-0.2, 0) is 0 Å². The van der Waals surface area contributed by atoms with Crippen LogP contribution in [0.5, 0.6) is 0 Å². The fourth-order valence-electron chi connectivity index (χ4n) is 2.43. The number of thioether (sulfide) groups is 1. The Kier molecular flexibility index (Phi) is 7.74. The van der Waals surface area contributed by atoms with Gasteiger partial charge >= 0.3 is 0 Å². The van der Waals surface area contributed by atoms with Crippen molar-refractivity contribution in [2.75, 3.05) is 12.8 Å². The van der Waals surface area contributed by atoms with E-state index < -0.39 is 0 Å². The average Bonchev–Trinajstić information content (AvgIpc) is 2.46. The largest absolute Gasteiger partial charge is 0.309 e. The highest BCUT2D eigenvalue weighted by Gasteiger charge is 2.26. The molecule has 0 amide bonds. The van der Waals surface area contributed by atoms with Crippen LogP contribution in [0.25, 0.3) is 0 Å². The van der Waals surface area contributed by atoms with Crippen molar-refractivity contribution in [2.24, 2.45) is 0 Å². The van der Waals surface area contributed by atoms with Gasteiger partial charge in [-0.3, -0.25) is 0 Å². The number of benzene rings is 1. The molecule has 1 nitrogen and oxygen atoms in total. The van der Waals surface area contributed by atoms with Gasteiger partial charge in [0, 0.05) is 27.4 Å². The zero-order valence-corrected chi connectivity index (χ0v) is 15.1. The summed E-state index contributed by atoms with van der Waals surface area (Å²) in [4.78, 5) is 0. The lowest BCUT2D eigenvalue weighted by Crippen LogP contribution is -2.38. The molecule has 0 bridgehead atoms. The maximum absolute atomic E-state index is 6.33. The minimum Gasteiger partial charge on any atom is -0.309 e. The van der Waals surface area contributed by atoms with Crippen LogP contribution in [-0.4, -0.2) is 17.5 Å². The van der Waals surface area contributed by atoms with E-state index in [4.69, 9.17) is 23.2 Å². The fraction of sp³-hybridized carbons (Fsp3) is 0.625. The van der Waals surface area contributed by atoms with Gasteiger partial charge in [-0.25, -0.2) is 0 Å². The van der Waals surface area contributed by atoms with Crippen LogP contribution in [0.4, 0.5) is 0 Å². The molecular formula is C16H25Cl2NS. The second kappa shape index (κ2) is 8.53. The summed E-state index contributed by atoms with van der Waals surface area (Å²) >= 11 is 14.3. The zero-order valence-electron chi connectivity index (χ0n) is 12.8. The monoisotopic (exact) mass is 333 g/mol. The highest BCUT2D eigenvalue weighted by Crippen LogP contribution is 2.32. The molecule has 0 saturated heterocycles. The van der Waals surface area contributed by atoms with Gasteiger partial charge in [-0.1, -0.05) is 50.0 Å². The van der Waals surface area contributed by atoms with Crippen molar-refractivity contribution in [1.29, 1.82) is 0 Å². The number of hydrogen-bond donors (Lipinski definition) is 1. The molecule has 0 aliphatic heterocycles. The van der Waals surface area contributed by atoms with E-state index in [0.717, 1.165) is 23.6 Å². The van der Waals surface area contributed by atoms with Crippen molar-refractivity contribution in [3.8, 4) is 0 Å². The lowest BCUT2D eigenvalue weighted by molar-refractivity contribution is 0.438. The highest BCUT2D eigenvalue weighted by atomic mass is 35.5. The first-order valence-corrected chi connectivity index (χ1v) is 9.23. The third-order valence-corrected chi connectivity index (χ3v) is 6.29. The molecular weight excluding hydrogens is 309 g/mol. The van der Waals surface area contributed by atoms with Crippen molar-refractivity contribution in [1.82, 2.24) is 5.32 Å². The number of hydrogen-bond acceptors (Lipinski definition) is 2. The Labute approximate surface area is 137 Å². The second-order valence-electron chi connectivity index (χ2n) is 5.10. The van der Waals surface area contributed by atoms with Gasteiger partial charge in [-0.2, -0.15) is 11.8 Å². The Bertz CT molecular complexity index is 411. The maximum atomic E-state index is 6.33. The topological polar surface area (TPSA) is 12.0 Å². The van der Waals surface area contributed by atoms with Crippen LogP contribution in [0.2, 0.25) is 10.0 Å². The number of nitrogens with one attached hydrogen (secondary N) is 1. The van der Waals surface area contributed by atoms with E-state index in [9.17, 15) is 0 Å². The molecule has 0 saturated carbocycles. The van der Waals surface area contributed by atoms with Gasteiger partial charge in [0.1, 0.15) is 0 Å². The standard InChI is InChI=1S/C16H25Cl2NS/c1-5-15(13-9-8-12(17)10-14(13)18)19-11-16(6-2,7-3)20-4/h8-10,15,19H,5-7,11H2,1-4H3. The Morgan fingerprint density at radius 3 is 2.30 bits per heavy atom. The Hall–Kier alpha value is 0.110. The highest BCUT2D eigenvalue weighted by molar-refractivity contribution is 8.00. The quantitative estimate of drug-likeness (QED) is 0.630. The Morgan fingerprint density at radius 2 is 1.85 bits per heavy atom. The van der Waals surface area contributed by atoms with Crippen molar-refractivity contribution in [2.45, 2.75) is 50.8 Å². The predicted octanol–water partition coefficient (Wildman–Crippen LogP) is 5.96. The smallest absolute Gasteiger partial charge is 0.0468 e. The van der Waals surface area contributed by atoms with Gasteiger partial charge in [0.05, 0.1) is 0 Å². The lowest BCUT2D eigenvalue weighted by Gasteiger charge is -2.32. The summed E-state index contributed by atoms with van der Waals surface area (Å²) < 4.78 is 0.312. The van der Waals surface area contributed by atoms with E-state index in [1.54, 1.807) is 0 Å². The van der Waals surface area contributed by atoms with E-state index >= 15 is 0 Å². The van der Waals surface area contributed by atoms with Gasteiger partial charge in [-0.15, -0.1) is 0 Å². The Morgan fingerprint density at radius 1 is 1.20 bits per heavy atom. The third-order valence-electron chi connectivity index (χ3n) is 4.14. The van der Waals surface area contributed by atoms with Crippen LogP contribution in [0.15, 0.2) is 18.2 Å². The Balaban J connectivity index is 2.82. The maximum Gasteiger partial charge on any atom is 0.0468 e. The van der Waals surface area contributed by atoms with Crippen LogP contribution in [0.1, 0.15) is 51.6 Å². The molecule has 1 aromatic carbocycles. The number of rotatable bonds is 8. The average molecular weight is 334 g/mol. The molecule has 0 radical (unpaired) electrons. The van der Waals surface area contributed by atoms with Crippen molar-refractivity contribution in [3.63, 3.8) is 0 Å². The van der Waals surface area contributed by atoms with E-state index in [1.807, 2.05) is 30.0 Å². The van der Waals surface area contributed by atoms with Crippen LogP contribution in [0.3, 0.4) is 0 Å². The summed E-state index contributed by atoms with van der Waals surface area (Å²) in [5, 5.41) is 5.13. The van der Waals surface area contributed by atoms with Gasteiger partial charge in [0.2, 0.25) is 0 Å². The first-order valence-electron chi connectivity index (χ1n) is 7.25. The predicted molar refractivity (Wildman–Crippen MR) is 94.3 cm³/mol. The van der Waals surface area contributed by atoms with Crippen LogP contribution >= 0.6 is 35.0 Å². The van der Waals surface area contributed by atoms with Crippen molar-refractivity contribution < 1.29 is 0 Å². The molecule has 0 heterocycles. The molecule has 1 unspecified atom stereocenters. The van der Waals surface area contributed by atoms with Crippen molar-refractivity contribution in [3.05, 3.63) is 33.8 Å². The molecule has 0 aliphatic carbocycles. The summed E-state index contributed by atoms with van der Waals surface area (Å²) in [5.41, 5.74) is 1.14. The molecule has 4 heteroatoms. The minimum atomic E-state index is 0.282. The lowest BCUT2D eigenvalue weighted by atomic mass is 9.99. The number of halogens is 2. The molecule has 1 N–H and O–H groups in total. The fourth-order valence-corrected chi connectivity index (χ4v) is 3.77. The summed E-state index contributed by atoms with van der Waals surface area (Å²) in [5.74, 6) is 0. The van der Waals surface area contributed by atoms with E-state index in [0.29, 0.717) is 9.77 Å². The van der Waals surface area contributed by atoms with Gasteiger partial charge in [-0.05, 0) is 43.2 Å². The van der Waals surface area contributed by atoms with Gasteiger partial charge < -0.3 is 5.32 Å². The SMILES string of the molecule is CCC(NCC(CC)(CC)SC)c1ccc(Cl)cc1Cl. The third kappa shape index (κ3) is 4.56. The molecule has 114 valence electrons. The summed E-state index contributed by atoms with van der Waals surface area (Å²) in [7, 11) is 0. The molecule has 1 rings (SSSR count). The molecule has 20 heavy (non-hydrogen) atoms. The van der Waals surface area contributed by atoms with Gasteiger partial charge in [0.15, 0.2) is 0 Å². The van der Waals surface area contributed by atoms with Crippen molar-refractivity contribution >= 4 is 35.0 Å². The normalized spacial score (nSPS) is 13.5. The molecule has 0 aromatic heterocycles. The van der Waals surface area contributed by atoms with Gasteiger partial charge in [0.25, 0.3) is 0 Å². The van der Waals surface area contributed by atoms with E-state index in [1.165, 1.54) is 12.8 Å². The second-order valence-corrected chi connectivity index (χ2v) is 7.22. The molecule has 1 atom stereocenters. The summed E-state index contributed by atoms with van der Waals surface area (Å²) in [6.45, 7) is 7.70. The molecule has 0 fully saturated rings. The summed E-state index contributed by atoms with van der Waals surface area (Å²) in [6.07, 6.45) is 5.55. The van der Waals surface area contributed by atoms with Crippen LogP contribution < -0.4 is 5.32 Å². The first-order chi connectivity index (χ1) is 9.51. The van der Waals surface area contributed by atoms with E-state index in [-0.39, 0.29) is 6.04 Å². The minimum absolute atomic E-state index is 0.282. The van der Waals surface area contributed by atoms with E-state index in [2.05, 4.69) is 32.3 Å². The summed E-state index contributed by atoms with van der Waals surface area (Å²) in [6, 6.07) is 6.05. The zero-order chi connectivity index (χ0) is 15.2. The molecule has 1 aromatic rings. The van der Waals surface area contributed by atoms with Crippen LogP contribution in [0, 0.1) is 0 Å².